The highest BCUT2D eigenvalue weighted by atomic mass is 16.4. The zero-order chi connectivity index (χ0) is 15.7. The van der Waals surface area contributed by atoms with Crippen molar-refractivity contribution in [3.05, 3.63) is 29.3 Å². The number of carbonyl (C=O) groups excluding carboxylic acids is 1. The van der Waals surface area contributed by atoms with Crippen LogP contribution in [0, 0.1) is 12.3 Å². The van der Waals surface area contributed by atoms with Crippen molar-refractivity contribution in [1.29, 1.82) is 0 Å². The van der Waals surface area contributed by atoms with Gasteiger partial charge in [0.15, 0.2) is 0 Å². The van der Waals surface area contributed by atoms with E-state index in [0.29, 0.717) is 16.8 Å². The Hall–Kier alpha value is -2.04. The molecule has 1 aromatic carbocycles. The number of anilines is 1. The van der Waals surface area contributed by atoms with Gasteiger partial charge >= 0.3 is 5.97 Å². The third-order valence-corrected chi connectivity index (χ3v) is 4.14. The fourth-order valence-corrected chi connectivity index (χ4v) is 1.67. The summed E-state index contributed by atoms with van der Waals surface area (Å²) < 4.78 is 0. The van der Waals surface area contributed by atoms with E-state index in [4.69, 9.17) is 5.73 Å². The van der Waals surface area contributed by atoms with Crippen LogP contribution in [0.2, 0.25) is 0 Å². The summed E-state index contributed by atoms with van der Waals surface area (Å²) in [4.78, 5) is 23.7. The van der Waals surface area contributed by atoms with E-state index in [1.807, 2.05) is 0 Å². The molecule has 0 heterocycles. The standard InChI is InChI=1S/C15H22N2O3/c1-9-10(7-6-8-11(9)16)12(18)17-15(4,5)14(2,3)13(19)20/h6-8H,16H2,1-5H3,(H,17,18)(H,19,20). The van der Waals surface area contributed by atoms with Gasteiger partial charge in [0.25, 0.3) is 5.91 Å². The van der Waals surface area contributed by atoms with Gasteiger partial charge in [0, 0.05) is 11.3 Å². The Labute approximate surface area is 119 Å². The van der Waals surface area contributed by atoms with Crippen LogP contribution in [-0.4, -0.2) is 22.5 Å². The van der Waals surface area contributed by atoms with E-state index in [-0.39, 0.29) is 5.91 Å². The predicted octanol–water partition coefficient (Wildman–Crippen LogP) is 2.20. The maximum Gasteiger partial charge on any atom is 0.311 e. The van der Waals surface area contributed by atoms with Crippen LogP contribution in [0.5, 0.6) is 0 Å². The highest BCUT2D eigenvalue weighted by molar-refractivity contribution is 5.97. The van der Waals surface area contributed by atoms with Gasteiger partial charge in [-0.2, -0.15) is 0 Å². The number of carboxylic acids is 1. The molecule has 1 amide bonds. The van der Waals surface area contributed by atoms with Gasteiger partial charge in [-0.05, 0) is 52.3 Å². The molecule has 0 unspecified atom stereocenters. The van der Waals surface area contributed by atoms with Crippen LogP contribution in [0.3, 0.4) is 0 Å². The van der Waals surface area contributed by atoms with Gasteiger partial charge in [0.1, 0.15) is 0 Å². The molecule has 0 aliphatic rings. The molecule has 0 bridgehead atoms. The average molecular weight is 278 g/mol. The van der Waals surface area contributed by atoms with Crippen LogP contribution >= 0.6 is 0 Å². The maximum atomic E-state index is 12.3. The van der Waals surface area contributed by atoms with Crippen molar-refractivity contribution in [2.75, 3.05) is 5.73 Å². The van der Waals surface area contributed by atoms with Crippen molar-refractivity contribution in [3.63, 3.8) is 0 Å². The minimum absolute atomic E-state index is 0.325. The fraction of sp³-hybridized carbons (Fsp3) is 0.467. The molecule has 0 saturated heterocycles. The van der Waals surface area contributed by atoms with Crippen LogP contribution in [0.25, 0.3) is 0 Å². The number of hydrogen-bond donors (Lipinski definition) is 3. The number of benzene rings is 1. The van der Waals surface area contributed by atoms with E-state index in [2.05, 4.69) is 5.32 Å². The van der Waals surface area contributed by atoms with Crippen molar-refractivity contribution in [1.82, 2.24) is 5.32 Å². The molecule has 1 rings (SSSR count). The van der Waals surface area contributed by atoms with Crippen LogP contribution in [0.1, 0.15) is 43.6 Å². The molecule has 0 aromatic heterocycles. The highest BCUT2D eigenvalue weighted by Gasteiger charge is 2.44. The van der Waals surface area contributed by atoms with E-state index in [1.54, 1.807) is 52.8 Å². The summed E-state index contributed by atoms with van der Waals surface area (Å²) >= 11 is 0. The fourth-order valence-electron chi connectivity index (χ4n) is 1.67. The molecule has 1 aromatic rings. The lowest BCUT2D eigenvalue weighted by molar-refractivity contribution is -0.150. The van der Waals surface area contributed by atoms with Crippen molar-refractivity contribution < 1.29 is 14.7 Å². The predicted molar refractivity (Wildman–Crippen MR) is 78.6 cm³/mol. The lowest BCUT2D eigenvalue weighted by Crippen LogP contribution is -2.57. The third kappa shape index (κ3) is 2.76. The van der Waals surface area contributed by atoms with Crippen molar-refractivity contribution in [2.45, 2.75) is 40.2 Å². The average Bonchev–Trinajstić information content (AvgIpc) is 2.31. The van der Waals surface area contributed by atoms with Crippen molar-refractivity contribution in [2.24, 2.45) is 5.41 Å². The number of rotatable bonds is 4. The van der Waals surface area contributed by atoms with Crippen molar-refractivity contribution >= 4 is 17.6 Å². The molecule has 0 spiro atoms. The molecule has 0 aliphatic heterocycles. The quantitative estimate of drug-likeness (QED) is 0.736. The van der Waals surface area contributed by atoms with Gasteiger partial charge in [-0.15, -0.1) is 0 Å². The molecule has 5 heteroatoms. The number of nitrogens with one attached hydrogen (secondary N) is 1. The van der Waals surface area contributed by atoms with Crippen molar-refractivity contribution in [3.8, 4) is 0 Å². The third-order valence-electron chi connectivity index (χ3n) is 4.14. The van der Waals surface area contributed by atoms with E-state index in [0.717, 1.165) is 0 Å². The summed E-state index contributed by atoms with van der Waals surface area (Å²) in [6.45, 7) is 8.32. The lowest BCUT2D eigenvalue weighted by Gasteiger charge is -2.38. The van der Waals surface area contributed by atoms with Gasteiger partial charge in [-0.3, -0.25) is 9.59 Å². The van der Waals surface area contributed by atoms with Crippen LogP contribution in [0.15, 0.2) is 18.2 Å². The molecule has 110 valence electrons. The number of carboxylic acid groups (broad SMARTS) is 1. The first-order valence-electron chi connectivity index (χ1n) is 6.41. The Morgan fingerprint density at radius 2 is 1.75 bits per heavy atom. The number of carbonyl (C=O) groups is 2. The number of hydrogen-bond acceptors (Lipinski definition) is 3. The first-order valence-corrected chi connectivity index (χ1v) is 6.41. The van der Waals surface area contributed by atoms with Crippen LogP contribution in [0.4, 0.5) is 5.69 Å². The number of nitrogen functional groups attached to an aromatic ring is 1. The molecule has 0 aliphatic carbocycles. The SMILES string of the molecule is Cc1c(N)cccc1C(=O)NC(C)(C)C(C)(C)C(=O)O. The monoisotopic (exact) mass is 278 g/mol. The van der Waals surface area contributed by atoms with Crippen LogP contribution in [-0.2, 0) is 4.79 Å². The zero-order valence-electron chi connectivity index (χ0n) is 12.6. The largest absolute Gasteiger partial charge is 0.481 e. The molecule has 20 heavy (non-hydrogen) atoms. The smallest absolute Gasteiger partial charge is 0.311 e. The van der Waals surface area contributed by atoms with Gasteiger partial charge < -0.3 is 16.2 Å². The zero-order valence-corrected chi connectivity index (χ0v) is 12.6. The Morgan fingerprint density at radius 3 is 2.25 bits per heavy atom. The molecule has 5 nitrogen and oxygen atoms in total. The normalized spacial score (nSPS) is 12.1. The lowest BCUT2D eigenvalue weighted by atomic mass is 9.74. The summed E-state index contributed by atoms with van der Waals surface area (Å²) in [5, 5.41) is 12.1. The summed E-state index contributed by atoms with van der Waals surface area (Å²) in [6, 6.07) is 5.09. The summed E-state index contributed by atoms with van der Waals surface area (Å²) in [5.74, 6) is -1.29. The molecular formula is C15H22N2O3. The second-order valence-corrected chi connectivity index (χ2v) is 6.03. The van der Waals surface area contributed by atoms with E-state index >= 15 is 0 Å². The second-order valence-electron chi connectivity index (χ2n) is 6.03. The topological polar surface area (TPSA) is 92.4 Å². The van der Waals surface area contributed by atoms with Gasteiger partial charge in [0.2, 0.25) is 0 Å². The second kappa shape index (κ2) is 5.15. The first-order chi connectivity index (χ1) is 9.00. The molecule has 0 fully saturated rings. The molecule has 0 radical (unpaired) electrons. The molecule has 0 saturated carbocycles. The summed E-state index contributed by atoms with van der Waals surface area (Å²) in [6.07, 6.45) is 0. The molecular weight excluding hydrogens is 256 g/mol. The van der Waals surface area contributed by atoms with Gasteiger partial charge in [-0.1, -0.05) is 6.07 Å². The minimum atomic E-state index is -1.10. The molecule has 0 atom stereocenters. The Bertz CT molecular complexity index is 548. The van der Waals surface area contributed by atoms with E-state index in [9.17, 15) is 14.7 Å². The number of aliphatic carboxylic acids is 1. The Balaban J connectivity index is 3.07. The molecule has 4 N–H and O–H groups in total. The Morgan fingerprint density at radius 1 is 1.20 bits per heavy atom. The van der Waals surface area contributed by atoms with E-state index in [1.165, 1.54) is 0 Å². The Kier molecular flexibility index (Phi) is 4.12. The van der Waals surface area contributed by atoms with Gasteiger partial charge in [-0.25, -0.2) is 0 Å². The number of amides is 1. The van der Waals surface area contributed by atoms with Gasteiger partial charge in [0.05, 0.1) is 11.0 Å². The van der Waals surface area contributed by atoms with E-state index < -0.39 is 16.9 Å². The first kappa shape index (κ1) is 16.0. The highest BCUT2D eigenvalue weighted by Crippen LogP contribution is 2.31. The summed E-state index contributed by atoms with van der Waals surface area (Å²) in [7, 11) is 0. The summed E-state index contributed by atoms with van der Waals surface area (Å²) in [5.41, 5.74) is 5.45. The minimum Gasteiger partial charge on any atom is -0.481 e. The number of nitrogens with two attached hydrogens (primary N) is 1. The maximum absolute atomic E-state index is 12.3. The van der Waals surface area contributed by atoms with Crippen LogP contribution < -0.4 is 11.1 Å².